The Morgan fingerprint density at radius 3 is 2.29 bits per heavy atom. The molecule has 0 aliphatic heterocycles. The Balaban J connectivity index is 4.18. The smallest absolute Gasteiger partial charge is 0.240 e. The molecule has 6 N–H and O–H groups in total. The lowest BCUT2D eigenvalue weighted by atomic mass is 10.0. The summed E-state index contributed by atoms with van der Waals surface area (Å²) in [4.78, 5) is 35.2. The SMILES string of the molecule is CNC(C)(C)C(=O)N[C@@H](CCCCNC(=O)C(C)CCO)C(N)=O. The van der Waals surface area contributed by atoms with Gasteiger partial charge in [0.25, 0.3) is 0 Å². The zero-order chi connectivity index (χ0) is 18.8. The number of hydrogen-bond donors (Lipinski definition) is 5. The number of hydrogen-bond acceptors (Lipinski definition) is 5. The summed E-state index contributed by atoms with van der Waals surface area (Å²) in [5, 5.41) is 17.1. The Morgan fingerprint density at radius 1 is 1.17 bits per heavy atom. The van der Waals surface area contributed by atoms with Crippen molar-refractivity contribution in [3.05, 3.63) is 0 Å². The average Bonchev–Trinajstić information content (AvgIpc) is 2.52. The highest BCUT2D eigenvalue weighted by Crippen LogP contribution is 2.06. The third-order valence-electron chi connectivity index (χ3n) is 4.07. The molecule has 8 nitrogen and oxygen atoms in total. The number of primary amides is 1. The fourth-order valence-corrected chi connectivity index (χ4v) is 1.92. The minimum Gasteiger partial charge on any atom is -0.396 e. The first kappa shape index (κ1) is 22.3. The van der Waals surface area contributed by atoms with Gasteiger partial charge < -0.3 is 26.8 Å². The van der Waals surface area contributed by atoms with Crippen LogP contribution in [0.15, 0.2) is 0 Å². The van der Waals surface area contributed by atoms with Gasteiger partial charge in [-0.15, -0.1) is 0 Å². The summed E-state index contributed by atoms with van der Waals surface area (Å²) in [6.07, 6.45) is 2.17. The van der Waals surface area contributed by atoms with Gasteiger partial charge in [0.15, 0.2) is 0 Å². The molecule has 0 aliphatic carbocycles. The van der Waals surface area contributed by atoms with Crippen LogP contribution >= 0.6 is 0 Å². The van der Waals surface area contributed by atoms with Crippen LogP contribution < -0.4 is 21.7 Å². The molecule has 140 valence electrons. The van der Waals surface area contributed by atoms with E-state index >= 15 is 0 Å². The maximum absolute atomic E-state index is 12.1. The number of carbonyl (C=O) groups excluding carboxylic acids is 3. The van der Waals surface area contributed by atoms with Gasteiger partial charge >= 0.3 is 0 Å². The molecule has 0 aromatic carbocycles. The summed E-state index contributed by atoms with van der Waals surface area (Å²) >= 11 is 0. The maximum atomic E-state index is 12.1. The lowest BCUT2D eigenvalue weighted by molar-refractivity contribution is -0.131. The van der Waals surface area contributed by atoms with E-state index in [1.807, 2.05) is 0 Å². The van der Waals surface area contributed by atoms with E-state index in [2.05, 4.69) is 16.0 Å². The average molecular weight is 344 g/mol. The molecule has 24 heavy (non-hydrogen) atoms. The van der Waals surface area contributed by atoms with Crippen LogP contribution in [0.5, 0.6) is 0 Å². The van der Waals surface area contributed by atoms with Gasteiger partial charge in [0.2, 0.25) is 17.7 Å². The van der Waals surface area contributed by atoms with Crippen LogP contribution in [0.2, 0.25) is 0 Å². The van der Waals surface area contributed by atoms with Gasteiger partial charge in [-0.25, -0.2) is 0 Å². The van der Waals surface area contributed by atoms with Crippen molar-refractivity contribution in [2.75, 3.05) is 20.2 Å². The number of aliphatic hydroxyl groups excluding tert-OH is 1. The van der Waals surface area contributed by atoms with Crippen molar-refractivity contribution >= 4 is 17.7 Å². The Kier molecular flexibility index (Phi) is 10.2. The summed E-state index contributed by atoms with van der Waals surface area (Å²) in [7, 11) is 1.67. The summed E-state index contributed by atoms with van der Waals surface area (Å²) < 4.78 is 0. The van der Waals surface area contributed by atoms with E-state index in [-0.39, 0.29) is 24.3 Å². The van der Waals surface area contributed by atoms with Crippen LogP contribution in [-0.4, -0.2) is 54.6 Å². The topological polar surface area (TPSA) is 134 Å². The highest BCUT2D eigenvalue weighted by molar-refractivity contribution is 5.90. The van der Waals surface area contributed by atoms with E-state index in [1.165, 1.54) is 0 Å². The second-order valence-corrected chi connectivity index (χ2v) is 6.50. The summed E-state index contributed by atoms with van der Waals surface area (Å²) in [5.74, 6) is -1.19. The fraction of sp³-hybridized carbons (Fsp3) is 0.812. The van der Waals surface area contributed by atoms with Crippen molar-refractivity contribution in [3.63, 3.8) is 0 Å². The van der Waals surface area contributed by atoms with Gasteiger partial charge in [0.05, 0.1) is 5.54 Å². The van der Waals surface area contributed by atoms with Gasteiger partial charge in [0, 0.05) is 19.1 Å². The van der Waals surface area contributed by atoms with Crippen LogP contribution in [0.4, 0.5) is 0 Å². The molecule has 0 heterocycles. The minimum atomic E-state index is -0.787. The molecule has 0 fully saturated rings. The molecular weight excluding hydrogens is 312 g/mol. The van der Waals surface area contributed by atoms with E-state index < -0.39 is 17.5 Å². The van der Waals surface area contributed by atoms with Gasteiger partial charge in [0.1, 0.15) is 6.04 Å². The highest BCUT2D eigenvalue weighted by Gasteiger charge is 2.28. The molecule has 0 radical (unpaired) electrons. The molecule has 0 saturated heterocycles. The summed E-state index contributed by atoms with van der Waals surface area (Å²) in [6, 6.07) is -0.728. The van der Waals surface area contributed by atoms with E-state index in [9.17, 15) is 14.4 Å². The van der Waals surface area contributed by atoms with E-state index in [4.69, 9.17) is 10.8 Å². The number of carbonyl (C=O) groups is 3. The molecule has 0 bridgehead atoms. The first-order chi connectivity index (χ1) is 11.2. The number of likely N-dealkylation sites (N-methyl/N-ethyl adjacent to an activating group) is 1. The first-order valence-electron chi connectivity index (χ1n) is 8.33. The van der Waals surface area contributed by atoms with Crippen molar-refractivity contribution in [1.29, 1.82) is 0 Å². The van der Waals surface area contributed by atoms with Crippen LogP contribution in [0, 0.1) is 5.92 Å². The van der Waals surface area contributed by atoms with Crippen LogP contribution in [0.1, 0.15) is 46.5 Å². The molecule has 0 saturated carbocycles. The molecule has 0 rings (SSSR count). The van der Waals surface area contributed by atoms with Crippen LogP contribution in [0.3, 0.4) is 0 Å². The summed E-state index contributed by atoms with van der Waals surface area (Å²) in [5.41, 5.74) is 4.55. The molecule has 1 unspecified atom stereocenters. The number of aliphatic hydroxyl groups is 1. The fourth-order valence-electron chi connectivity index (χ4n) is 1.92. The number of rotatable bonds is 12. The standard InChI is InChI=1S/C16H32N4O4/c1-11(8-10-21)14(23)19-9-6-5-7-12(13(17)22)20-15(24)16(2,3)18-4/h11-12,18,21H,5-10H2,1-4H3,(H2,17,22)(H,19,23)(H,20,24)/t11?,12-/m0/s1. The Hall–Kier alpha value is -1.67. The third kappa shape index (κ3) is 8.26. The van der Waals surface area contributed by atoms with Crippen molar-refractivity contribution in [2.45, 2.75) is 58.0 Å². The van der Waals surface area contributed by atoms with Gasteiger partial charge in [-0.1, -0.05) is 6.92 Å². The van der Waals surface area contributed by atoms with Gasteiger partial charge in [-0.2, -0.15) is 0 Å². The Bertz CT molecular complexity index is 426. The maximum Gasteiger partial charge on any atom is 0.240 e. The van der Waals surface area contributed by atoms with Gasteiger partial charge in [-0.3, -0.25) is 14.4 Å². The zero-order valence-corrected chi connectivity index (χ0v) is 15.1. The normalized spacial score (nSPS) is 13.9. The van der Waals surface area contributed by atoms with Crippen molar-refractivity contribution < 1.29 is 19.5 Å². The van der Waals surface area contributed by atoms with Crippen molar-refractivity contribution in [1.82, 2.24) is 16.0 Å². The molecule has 2 atom stereocenters. The lowest BCUT2D eigenvalue weighted by Gasteiger charge is -2.25. The third-order valence-corrected chi connectivity index (χ3v) is 4.07. The Labute approximate surface area is 143 Å². The van der Waals surface area contributed by atoms with E-state index in [0.717, 1.165) is 0 Å². The number of nitrogens with two attached hydrogens (primary N) is 1. The predicted molar refractivity (Wildman–Crippen MR) is 92.0 cm³/mol. The monoisotopic (exact) mass is 344 g/mol. The van der Waals surface area contributed by atoms with Crippen LogP contribution in [-0.2, 0) is 14.4 Å². The zero-order valence-electron chi connectivity index (χ0n) is 15.1. The van der Waals surface area contributed by atoms with Crippen molar-refractivity contribution in [2.24, 2.45) is 11.7 Å². The molecule has 0 aromatic heterocycles. The molecule has 0 aliphatic rings. The molecule has 3 amide bonds. The molecular formula is C16H32N4O4. The first-order valence-corrected chi connectivity index (χ1v) is 8.33. The molecule has 0 aromatic rings. The van der Waals surface area contributed by atoms with Gasteiger partial charge in [-0.05, 0) is 46.6 Å². The quantitative estimate of drug-likeness (QED) is 0.297. The number of amides is 3. The van der Waals surface area contributed by atoms with Crippen molar-refractivity contribution in [3.8, 4) is 0 Å². The predicted octanol–water partition coefficient (Wildman–Crippen LogP) is -0.740. The van der Waals surface area contributed by atoms with Crippen LogP contribution in [0.25, 0.3) is 0 Å². The summed E-state index contributed by atoms with van der Waals surface area (Å²) in [6.45, 7) is 5.65. The largest absolute Gasteiger partial charge is 0.396 e. The second-order valence-electron chi connectivity index (χ2n) is 6.50. The molecule has 8 heteroatoms. The second kappa shape index (κ2) is 11.0. The highest BCUT2D eigenvalue weighted by atomic mass is 16.3. The Morgan fingerprint density at radius 2 is 1.79 bits per heavy atom. The van der Waals surface area contributed by atoms with E-state index in [0.29, 0.717) is 32.2 Å². The number of nitrogens with one attached hydrogen (secondary N) is 3. The van der Waals surface area contributed by atoms with E-state index in [1.54, 1.807) is 27.8 Å². The minimum absolute atomic E-state index is 0.0163. The number of unbranched alkanes of at least 4 members (excludes halogenated alkanes) is 1. The molecule has 0 spiro atoms. The lowest BCUT2D eigenvalue weighted by Crippen LogP contribution is -2.56.